The molecule has 0 aliphatic heterocycles. The van der Waals surface area contributed by atoms with E-state index < -0.39 is 5.63 Å². The minimum Gasteiger partial charge on any atom is -0.508 e. The van der Waals surface area contributed by atoms with Gasteiger partial charge in [0.2, 0.25) is 0 Å². The fourth-order valence-electron chi connectivity index (χ4n) is 3.34. The second-order valence-electron chi connectivity index (χ2n) is 6.23. The maximum absolute atomic E-state index is 11.7. The predicted octanol–water partition coefficient (Wildman–Crippen LogP) is 2.09. The fraction of sp³-hybridized carbons (Fsp3) is 0.471. The van der Waals surface area contributed by atoms with Gasteiger partial charge in [-0.2, -0.15) is 0 Å². The number of phenols is 1. The molecule has 0 bridgehead atoms. The standard InChI is InChI=1S/C17H21NO4/c1-18(9-11-3-2-4-15(11)20)10-12-7-17(21)22-16-8-13(19)5-6-14(12)16/h5-8,11,15,19-20H,2-4,9-10H2,1H3. The predicted molar refractivity (Wildman–Crippen MR) is 83.8 cm³/mol. The molecule has 2 aromatic rings. The summed E-state index contributed by atoms with van der Waals surface area (Å²) in [5.41, 5.74) is 0.862. The minimum absolute atomic E-state index is 0.0789. The summed E-state index contributed by atoms with van der Waals surface area (Å²) < 4.78 is 5.14. The van der Waals surface area contributed by atoms with Crippen molar-refractivity contribution in [2.75, 3.05) is 13.6 Å². The summed E-state index contributed by atoms with van der Waals surface area (Å²) in [6, 6.07) is 6.32. The zero-order valence-corrected chi connectivity index (χ0v) is 12.7. The Morgan fingerprint density at radius 2 is 2.14 bits per heavy atom. The van der Waals surface area contributed by atoms with Gasteiger partial charge in [-0.05, 0) is 43.5 Å². The van der Waals surface area contributed by atoms with Gasteiger partial charge in [0, 0.05) is 30.6 Å². The van der Waals surface area contributed by atoms with Crippen LogP contribution in [-0.4, -0.2) is 34.8 Å². The number of benzene rings is 1. The van der Waals surface area contributed by atoms with Crippen molar-refractivity contribution in [3.05, 3.63) is 40.2 Å². The lowest BCUT2D eigenvalue weighted by molar-refractivity contribution is 0.108. The lowest BCUT2D eigenvalue weighted by atomic mass is 10.0. The number of fused-ring (bicyclic) bond motifs is 1. The van der Waals surface area contributed by atoms with Gasteiger partial charge in [0.1, 0.15) is 11.3 Å². The number of hydrogen-bond donors (Lipinski definition) is 2. The van der Waals surface area contributed by atoms with Crippen molar-refractivity contribution in [3.8, 4) is 5.75 Å². The molecule has 3 rings (SSSR count). The van der Waals surface area contributed by atoms with Crippen LogP contribution in [0.4, 0.5) is 0 Å². The average Bonchev–Trinajstić information content (AvgIpc) is 2.83. The zero-order chi connectivity index (χ0) is 15.7. The Hall–Kier alpha value is -1.85. The van der Waals surface area contributed by atoms with E-state index in [0.717, 1.165) is 36.8 Å². The van der Waals surface area contributed by atoms with Gasteiger partial charge in [-0.15, -0.1) is 0 Å². The monoisotopic (exact) mass is 303 g/mol. The quantitative estimate of drug-likeness (QED) is 0.846. The number of aliphatic hydroxyl groups excluding tert-OH is 1. The molecule has 1 aromatic heterocycles. The Labute approximate surface area is 128 Å². The molecule has 5 heteroatoms. The number of aromatic hydroxyl groups is 1. The SMILES string of the molecule is CN(Cc1cc(=O)oc2cc(O)ccc12)CC1CCCC1O. The van der Waals surface area contributed by atoms with Crippen LogP contribution in [-0.2, 0) is 6.54 Å². The van der Waals surface area contributed by atoms with Crippen LogP contribution in [0.2, 0.25) is 0 Å². The van der Waals surface area contributed by atoms with Crippen molar-refractivity contribution < 1.29 is 14.6 Å². The van der Waals surface area contributed by atoms with E-state index >= 15 is 0 Å². The van der Waals surface area contributed by atoms with Gasteiger partial charge in [0.25, 0.3) is 0 Å². The topological polar surface area (TPSA) is 73.9 Å². The molecule has 1 saturated carbocycles. The summed E-state index contributed by atoms with van der Waals surface area (Å²) >= 11 is 0. The molecule has 118 valence electrons. The molecule has 2 unspecified atom stereocenters. The van der Waals surface area contributed by atoms with Crippen LogP contribution >= 0.6 is 0 Å². The second-order valence-corrected chi connectivity index (χ2v) is 6.23. The van der Waals surface area contributed by atoms with Crippen LogP contribution in [0.1, 0.15) is 24.8 Å². The maximum atomic E-state index is 11.7. The van der Waals surface area contributed by atoms with Crippen molar-refractivity contribution >= 4 is 11.0 Å². The summed E-state index contributed by atoms with van der Waals surface area (Å²) in [7, 11) is 1.99. The highest BCUT2D eigenvalue weighted by molar-refractivity contribution is 5.81. The van der Waals surface area contributed by atoms with Crippen LogP contribution in [0, 0.1) is 5.92 Å². The minimum atomic E-state index is -0.414. The molecule has 0 saturated heterocycles. The molecule has 22 heavy (non-hydrogen) atoms. The van der Waals surface area contributed by atoms with Crippen LogP contribution in [0.5, 0.6) is 5.75 Å². The molecule has 1 fully saturated rings. The normalized spacial score (nSPS) is 21.8. The molecular formula is C17H21NO4. The van der Waals surface area contributed by atoms with Gasteiger partial charge in [0.05, 0.1) is 6.10 Å². The maximum Gasteiger partial charge on any atom is 0.336 e. The van der Waals surface area contributed by atoms with Crippen molar-refractivity contribution in [2.45, 2.75) is 31.9 Å². The Morgan fingerprint density at radius 1 is 1.32 bits per heavy atom. The lowest BCUT2D eigenvalue weighted by Gasteiger charge is -2.23. The molecule has 1 aliphatic carbocycles. The van der Waals surface area contributed by atoms with E-state index in [1.807, 2.05) is 7.05 Å². The molecule has 1 heterocycles. The average molecular weight is 303 g/mol. The van der Waals surface area contributed by atoms with Gasteiger partial charge < -0.3 is 19.5 Å². The molecule has 2 atom stereocenters. The highest BCUT2D eigenvalue weighted by atomic mass is 16.4. The van der Waals surface area contributed by atoms with Crippen LogP contribution in [0.3, 0.4) is 0 Å². The molecule has 1 aromatic carbocycles. The van der Waals surface area contributed by atoms with E-state index in [0.29, 0.717) is 18.0 Å². The summed E-state index contributed by atoms with van der Waals surface area (Å²) in [6.45, 7) is 1.41. The third-order valence-corrected chi connectivity index (χ3v) is 4.42. The first-order valence-electron chi connectivity index (χ1n) is 7.65. The molecule has 1 aliphatic rings. The number of aliphatic hydroxyl groups is 1. The van der Waals surface area contributed by atoms with Gasteiger partial charge in [-0.1, -0.05) is 6.42 Å². The first-order valence-corrected chi connectivity index (χ1v) is 7.65. The summed E-state index contributed by atoms with van der Waals surface area (Å²) in [5.74, 6) is 0.385. The van der Waals surface area contributed by atoms with Crippen molar-refractivity contribution in [1.82, 2.24) is 4.90 Å². The van der Waals surface area contributed by atoms with E-state index in [2.05, 4.69) is 4.90 Å². The highest BCUT2D eigenvalue weighted by Crippen LogP contribution is 2.27. The molecule has 0 radical (unpaired) electrons. The van der Waals surface area contributed by atoms with Crippen LogP contribution in [0.15, 0.2) is 33.5 Å². The highest BCUT2D eigenvalue weighted by Gasteiger charge is 2.26. The Morgan fingerprint density at radius 3 is 2.86 bits per heavy atom. The van der Waals surface area contributed by atoms with E-state index in [4.69, 9.17) is 4.42 Å². The summed E-state index contributed by atoms with van der Waals surface area (Å²) in [5, 5.41) is 20.3. The third kappa shape index (κ3) is 3.15. The Kier molecular flexibility index (Phi) is 4.18. The molecule has 2 N–H and O–H groups in total. The van der Waals surface area contributed by atoms with Crippen molar-refractivity contribution in [1.29, 1.82) is 0 Å². The number of nitrogens with zero attached hydrogens (tertiary/aromatic N) is 1. The number of hydrogen-bond acceptors (Lipinski definition) is 5. The molecule has 0 spiro atoms. The smallest absolute Gasteiger partial charge is 0.336 e. The van der Waals surface area contributed by atoms with Gasteiger partial charge in [0.15, 0.2) is 0 Å². The molecule has 0 amide bonds. The zero-order valence-electron chi connectivity index (χ0n) is 12.7. The van der Waals surface area contributed by atoms with Crippen LogP contribution in [0.25, 0.3) is 11.0 Å². The van der Waals surface area contributed by atoms with Crippen molar-refractivity contribution in [3.63, 3.8) is 0 Å². The lowest BCUT2D eigenvalue weighted by Crippen LogP contribution is -2.29. The molecular weight excluding hydrogens is 282 g/mol. The van der Waals surface area contributed by atoms with E-state index in [-0.39, 0.29) is 11.9 Å². The number of rotatable bonds is 4. The molecule has 5 nitrogen and oxygen atoms in total. The first kappa shape index (κ1) is 15.1. The van der Waals surface area contributed by atoms with E-state index in [9.17, 15) is 15.0 Å². The summed E-state index contributed by atoms with van der Waals surface area (Å²) in [4.78, 5) is 13.8. The first-order chi connectivity index (χ1) is 10.5. The second kappa shape index (κ2) is 6.10. The Balaban J connectivity index is 1.82. The fourth-order valence-corrected chi connectivity index (χ4v) is 3.34. The van der Waals surface area contributed by atoms with Crippen LogP contribution < -0.4 is 5.63 Å². The third-order valence-electron chi connectivity index (χ3n) is 4.42. The number of phenolic OH excluding ortho intramolecular Hbond substituents is 1. The van der Waals surface area contributed by atoms with Gasteiger partial charge in [-0.25, -0.2) is 4.79 Å². The largest absolute Gasteiger partial charge is 0.508 e. The van der Waals surface area contributed by atoms with Gasteiger partial charge in [-0.3, -0.25) is 0 Å². The van der Waals surface area contributed by atoms with E-state index in [1.165, 1.54) is 12.1 Å². The Bertz CT molecular complexity index is 724. The van der Waals surface area contributed by atoms with Gasteiger partial charge >= 0.3 is 5.63 Å². The summed E-state index contributed by atoms with van der Waals surface area (Å²) in [6.07, 6.45) is 2.81. The van der Waals surface area contributed by atoms with E-state index in [1.54, 1.807) is 12.1 Å². The van der Waals surface area contributed by atoms with Crippen molar-refractivity contribution in [2.24, 2.45) is 5.92 Å².